The molecule has 2 unspecified atom stereocenters. The number of benzene rings is 2. The molecular weight excluding hydrogens is 542 g/mol. The van der Waals surface area contributed by atoms with E-state index in [9.17, 15) is 27.6 Å². The van der Waals surface area contributed by atoms with E-state index in [4.69, 9.17) is 0 Å². The first-order chi connectivity index (χ1) is 19.5. The molecule has 8 nitrogen and oxygen atoms in total. The second kappa shape index (κ2) is 12.5. The quantitative estimate of drug-likeness (QED) is 0.273. The maximum Gasteiger partial charge on any atom is 0.287 e. The molecule has 41 heavy (non-hydrogen) atoms. The van der Waals surface area contributed by atoms with Crippen LogP contribution in [0.5, 0.6) is 0 Å². The number of hydrogen-bond acceptors (Lipinski definition) is 4. The topological polar surface area (TPSA) is 96.3 Å². The number of aromatic nitrogens is 2. The van der Waals surface area contributed by atoms with Crippen molar-refractivity contribution in [2.24, 2.45) is 0 Å². The molecule has 0 saturated carbocycles. The van der Waals surface area contributed by atoms with Gasteiger partial charge < -0.3 is 15.5 Å². The zero-order chi connectivity index (χ0) is 29.8. The van der Waals surface area contributed by atoms with Crippen molar-refractivity contribution in [1.29, 1.82) is 0 Å². The van der Waals surface area contributed by atoms with Crippen LogP contribution in [0.4, 0.5) is 23.2 Å². The van der Waals surface area contributed by atoms with E-state index >= 15 is 4.39 Å². The maximum atomic E-state index is 15.2. The van der Waals surface area contributed by atoms with Gasteiger partial charge in [-0.3, -0.25) is 19.1 Å². The monoisotopic (exact) mass is 573 g/mol. The summed E-state index contributed by atoms with van der Waals surface area (Å²) in [6, 6.07) is 11.7. The van der Waals surface area contributed by atoms with Gasteiger partial charge in [-0.2, -0.15) is 5.10 Å². The van der Waals surface area contributed by atoms with Crippen molar-refractivity contribution >= 4 is 23.4 Å². The third-order valence-corrected chi connectivity index (χ3v) is 7.45. The first-order valence-electron chi connectivity index (χ1n) is 13.2. The molecule has 1 heterocycles. The van der Waals surface area contributed by atoms with Gasteiger partial charge in [0.15, 0.2) is 0 Å². The standard InChI is InChI=1S/C29H31F4N5O3/c1-4-38-23(13-14-34-38)27(39)36-24(20-11-9-17-7-5-6-8-19(17)20)28(40)35-22-12-10-18(15-21(22)30)16(2)29(41)37(3)26(33)25(31)32/h5-8,10,12-16,20,24-26H,4,9,11H2,1-3H3,(H,35,40)(H,36,39)/t16?,20-,24-,26?/m0/s1. The van der Waals surface area contributed by atoms with Crippen LogP contribution in [0, 0.1) is 5.82 Å². The highest BCUT2D eigenvalue weighted by molar-refractivity contribution is 6.01. The number of fused-ring (bicyclic) bond motifs is 1. The number of carbonyl (C=O) groups excluding carboxylic acids is 3. The number of rotatable bonds is 10. The Morgan fingerprint density at radius 1 is 1.12 bits per heavy atom. The van der Waals surface area contributed by atoms with Crippen LogP contribution in [0.3, 0.4) is 0 Å². The summed E-state index contributed by atoms with van der Waals surface area (Å²) in [5, 5.41) is 9.46. The van der Waals surface area contributed by atoms with Gasteiger partial charge in [-0.1, -0.05) is 30.3 Å². The number of nitrogens with zero attached hydrogens (tertiary/aromatic N) is 3. The molecular formula is C29H31F4N5O3. The normalized spacial score (nSPS) is 16.5. The Kier molecular flexibility index (Phi) is 9.09. The van der Waals surface area contributed by atoms with Crippen LogP contribution in [0.25, 0.3) is 0 Å². The third kappa shape index (κ3) is 6.26. The summed E-state index contributed by atoms with van der Waals surface area (Å²) in [6.07, 6.45) is -3.39. The van der Waals surface area contributed by atoms with Crippen LogP contribution in [-0.2, 0) is 22.6 Å². The summed E-state index contributed by atoms with van der Waals surface area (Å²) in [4.78, 5) is 39.5. The fourth-order valence-electron chi connectivity index (χ4n) is 5.13. The smallest absolute Gasteiger partial charge is 0.287 e. The van der Waals surface area contributed by atoms with Crippen molar-refractivity contribution in [3.05, 3.63) is 82.9 Å². The molecule has 0 fully saturated rings. The number of anilines is 1. The van der Waals surface area contributed by atoms with Gasteiger partial charge in [-0.05, 0) is 61.6 Å². The van der Waals surface area contributed by atoms with Crippen LogP contribution in [0.15, 0.2) is 54.7 Å². The molecule has 12 heteroatoms. The van der Waals surface area contributed by atoms with E-state index in [1.165, 1.54) is 29.9 Å². The number of halogens is 4. The Morgan fingerprint density at radius 2 is 1.85 bits per heavy atom. The molecule has 218 valence electrons. The molecule has 1 aliphatic carbocycles. The molecule has 4 atom stereocenters. The van der Waals surface area contributed by atoms with Gasteiger partial charge in [0, 0.05) is 25.7 Å². The highest BCUT2D eigenvalue weighted by Crippen LogP contribution is 2.36. The maximum absolute atomic E-state index is 15.2. The zero-order valence-corrected chi connectivity index (χ0v) is 22.8. The average Bonchev–Trinajstić information content (AvgIpc) is 3.62. The van der Waals surface area contributed by atoms with E-state index in [1.807, 2.05) is 31.2 Å². The number of carbonyl (C=O) groups is 3. The minimum Gasteiger partial charge on any atom is -0.338 e. The van der Waals surface area contributed by atoms with Crippen LogP contribution >= 0.6 is 0 Å². The third-order valence-electron chi connectivity index (χ3n) is 7.45. The van der Waals surface area contributed by atoms with Crippen molar-refractivity contribution in [3.8, 4) is 0 Å². The lowest BCUT2D eigenvalue weighted by molar-refractivity contribution is -0.143. The van der Waals surface area contributed by atoms with Gasteiger partial charge in [-0.25, -0.2) is 17.6 Å². The van der Waals surface area contributed by atoms with Gasteiger partial charge in [0.25, 0.3) is 12.3 Å². The number of hydrogen-bond donors (Lipinski definition) is 2. The van der Waals surface area contributed by atoms with E-state index in [2.05, 4.69) is 15.7 Å². The summed E-state index contributed by atoms with van der Waals surface area (Å²) >= 11 is 0. The Hall–Kier alpha value is -4.22. The van der Waals surface area contributed by atoms with Gasteiger partial charge in [0.05, 0.1) is 11.6 Å². The number of amides is 3. The van der Waals surface area contributed by atoms with Gasteiger partial charge in [0.1, 0.15) is 17.6 Å². The second-order valence-electron chi connectivity index (χ2n) is 9.93. The molecule has 2 N–H and O–H groups in total. The molecule has 3 amide bonds. The fourth-order valence-corrected chi connectivity index (χ4v) is 5.13. The summed E-state index contributed by atoms with van der Waals surface area (Å²) in [5.41, 5.74) is 2.16. The second-order valence-corrected chi connectivity index (χ2v) is 9.93. The highest BCUT2D eigenvalue weighted by atomic mass is 19.3. The molecule has 4 rings (SSSR count). The summed E-state index contributed by atoms with van der Waals surface area (Å²) < 4.78 is 55.7. The van der Waals surface area contributed by atoms with Crippen LogP contribution in [0.1, 0.15) is 59.3 Å². The van der Waals surface area contributed by atoms with Gasteiger partial charge in [0.2, 0.25) is 18.1 Å². The van der Waals surface area contributed by atoms with Gasteiger partial charge in [-0.15, -0.1) is 0 Å². The van der Waals surface area contributed by atoms with E-state index in [0.717, 1.165) is 24.2 Å². The zero-order valence-electron chi connectivity index (χ0n) is 22.8. The van der Waals surface area contributed by atoms with Crippen molar-refractivity contribution < 1.29 is 31.9 Å². The van der Waals surface area contributed by atoms with Gasteiger partial charge >= 0.3 is 0 Å². The summed E-state index contributed by atoms with van der Waals surface area (Å²) in [6.45, 7) is 3.62. The van der Waals surface area contributed by atoms with E-state index < -0.39 is 48.2 Å². The SMILES string of the molecule is CCn1nccc1C(=O)N[C@H](C(=O)Nc1ccc(C(C)C(=O)N(C)C(F)C(F)F)cc1F)[C@H]1CCc2ccccc21. The Balaban J connectivity index is 1.56. The number of likely N-dealkylation sites (N-methyl/N-ethyl adjacent to an activating group) is 1. The predicted octanol–water partition coefficient (Wildman–Crippen LogP) is 4.63. The Bertz CT molecular complexity index is 1430. The molecule has 0 spiro atoms. The lowest BCUT2D eigenvalue weighted by atomic mass is 9.92. The molecule has 1 aromatic heterocycles. The van der Waals surface area contributed by atoms with Crippen molar-refractivity contribution in [1.82, 2.24) is 20.0 Å². The molecule has 0 bridgehead atoms. The highest BCUT2D eigenvalue weighted by Gasteiger charge is 2.36. The summed E-state index contributed by atoms with van der Waals surface area (Å²) in [5.74, 6) is -4.48. The van der Waals surface area contributed by atoms with Crippen LogP contribution in [0.2, 0.25) is 0 Å². The molecule has 0 saturated heterocycles. The van der Waals surface area contributed by atoms with Crippen LogP contribution < -0.4 is 10.6 Å². The molecule has 0 aliphatic heterocycles. The number of aryl methyl sites for hydroxylation is 2. The minimum atomic E-state index is -3.38. The molecule has 3 aromatic rings. The first kappa shape index (κ1) is 29.8. The lowest BCUT2D eigenvalue weighted by Crippen LogP contribution is -2.47. The van der Waals surface area contributed by atoms with E-state index in [-0.39, 0.29) is 27.8 Å². The van der Waals surface area contributed by atoms with E-state index in [1.54, 1.807) is 6.07 Å². The molecule has 2 aromatic carbocycles. The van der Waals surface area contributed by atoms with Crippen molar-refractivity contribution in [3.63, 3.8) is 0 Å². The summed E-state index contributed by atoms with van der Waals surface area (Å²) in [7, 11) is 0.906. The Morgan fingerprint density at radius 3 is 2.54 bits per heavy atom. The lowest BCUT2D eigenvalue weighted by Gasteiger charge is -2.26. The Labute approximate surface area is 234 Å². The first-order valence-corrected chi connectivity index (χ1v) is 13.2. The number of nitrogens with one attached hydrogen (secondary N) is 2. The predicted molar refractivity (Wildman–Crippen MR) is 144 cm³/mol. The minimum absolute atomic E-state index is 0.112. The van der Waals surface area contributed by atoms with Crippen molar-refractivity contribution in [2.75, 3.05) is 12.4 Å². The average molecular weight is 574 g/mol. The molecule has 1 aliphatic rings. The largest absolute Gasteiger partial charge is 0.338 e. The van der Waals surface area contributed by atoms with Crippen LogP contribution in [-0.4, -0.2) is 58.2 Å². The molecule has 0 radical (unpaired) electrons. The van der Waals surface area contributed by atoms with Crippen molar-refractivity contribution in [2.45, 2.75) is 63.8 Å². The number of alkyl halides is 3. The van der Waals surface area contributed by atoms with E-state index in [0.29, 0.717) is 19.4 Å². The fraction of sp³-hybridized carbons (Fsp3) is 0.379.